The van der Waals surface area contributed by atoms with Gasteiger partial charge in [0.1, 0.15) is 17.8 Å². The van der Waals surface area contributed by atoms with Gasteiger partial charge in [-0.15, -0.1) is 0 Å². The number of carbonyl (C=O) groups is 1. The number of piperidine rings is 1. The Labute approximate surface area is 185 Å². The number of benzene rings is 1. The van der Waals surface area contributed by atoms with Gasteiger partial charge in [-0.3, -0.25) is 4.79 Å². The van der Waals surface area contributed by atoms with E-state index in [-0.39, 0.29) is 23.3 Å². The molecule has 0 radical (unpaired) electrons. The standard InChI is InChI=1S/C23H27F2N5O2/c1-15-11-16(8-9-20(15)32-2)5-3-7-21(31)29-10-4-6-17(13-29)18-12-19(22(24)25)30-23(28-18)26-14-27-30/h8-9,11-12,14,17,22H,3-7,10,13H2,1-2H3/t17-/m0/s1. The fourth-order valence-electron chi connectivity index (χ4n) is 4.36. The fraction of sp³-hybridized carbons (Fsp3) is 0.478. The van der Waals surface area contributed by atoms with Crippen molar-refractivity contribution in [2.45, 2.75) is 51.4 Å². The first-order chi connectivity index (χ1) is 15.5. The predicted octanol–water partition coefficient (Wildman–Crippen LogP) is 4.11. The molecule has 1 fully saturated rings. The van der Waals surface area contributed by atoms with Crippen molar-refractivity contribution in [1.82, 2.24) is 24.5 Å². The Balaban J connectivity index is 1.38. The molecular weight excluding hydrogens is 416 g/mol. The van der Waals surface area contributed by atoms with Crippen LogP contribution in [0.25, 0.3) is 5.78 Å². The van der Waals surface area contributed by atoms with Crippen LogP contribution in [0.4, 0.5) is 8.78 Å². The molecule has 1 amide bonds. The van der Waals surface area contributed by atoms with Gasteiger partial charge in [-0.25, -0.2) is 13.8 Å². The van der Waals surface area contributed by atoms with Crippen LogP contribution in [-0.2, 0) is 11.2 Å². The van der Waals surface area contributed by atoms with Crippen LogP contribution in [0.3, 0.4) is 0 Å². The number of alkyl halides is 2. The summed E-state index contributed by atoms with van der Waals surface area (Å²) in [6.45, 7) is 3.18. The minimum atomic E-state index is -2.68. The number of hydrogen-bond donors (Lipinski definition) is 0. The number of methoxy groups -OCH3 is 1. The van der Waals surface area contributed by atoms with Gasteiger partial charge in [0.25, 0.3) is 12.2 Å². The molecule has 0 N–H and O–H groups in total. The molecule has 170 valence electrons. The topological polar surface area (TPSA) is 72.6 Å². The van der Waals surface area contributed by atoms with Crippen LogP contribution in [-0.4, -0.2) is 50.6 Å². The number of carbonyl (C=O) groups excluding carboxylic acids is 1. The van der Waals surface area contributed by atoms with Crippen molar-refractivity contribution < 1.29 is 18.3 Å². The van der Waals surface area contributed by atoms with Gasteiger partial charge in [0, 0.05) is 25.4 Å². The van der Waals surface area contributed by atoms with Crippen LogP contribution >= 0.6 is 0 Å². The fourth-order valence-corrected chi connectivity index (χ4v) is 4.36. The second-order valence-corrected chi connectivity index (χ2v) is 8.21. The van der Waals surface area contributed by atoms with Gasteiger partial charge in [-0.2, -0.15) is 14.6 Å². The molecule has 0 aliphatic carbocycles. The van der Waals surface area contributed by atoms with Gasteiger partial charge < -0.3 is 9.64 Å². The highest BCUT2D eigenvalue weighted by atomic mass is 19.3. The quantitative estimate of drug-likeness (QED) is 0.550. The maximum atomic E-state index is 13.5. The summed E-state index contributed by atoms with van der Waals surface area (Å²) in [7, 11) is 1.65. The Morgan fingerprint density at radius 3 is 2.91 bits per heavy atom. The molecule has 4 rings (SSSR count). The van der Waals surface area contributed by atoms with Crippen LogP contribution in [0.2, 0.25) is 0 Å². The number of amides is 1. The largest absolute Gasteiger partial charge is 0.496 e. The Morgan fingerprint density at radius 2 is 2.16 bits per heavy atom. The average Bonchev–Trinajstić information content (AvgIpc) is 3.27. The lowest BCUT2D eigenvalue weighted by Gasteiger charge is -2.32. The van der Waals surface area contributed by atoms with Gasteiger partial charge in [-0.05, 0) is 55.9 Å². The molecule has 0 unspecified atom stereocenters. The number of halogens is 2. The molecule has 0 saturated carbocycles. The number of hydrogen-bond acceptors (Lipinski definition) is 5. The van der Waals surface area contributed by atoms with E-state index >= 15 is 0 Å². The molecular formula is C23H27F2N5O2. The van der Waals surface area contributed by atoms with Crippen LogP contribution in [0.1, 0.15) is 60.5 Å². The molecule has 1 aliphatic heterocycles. The van der Waals surface area contributed by atoms with Crippen molar-refractivity contribution in [3.8, 4) is 5.75 Å². The van der Waals surface area contributed by atoms with Crippen molar-refractivity contribution in [3.05, 3.63) is 53.1 Å². The summed E-state index contributed by atoms with van der Waals surface area (Å²) in [5, 5.41) is 3.83. The second-order valence-electron chi connectivity index (χ2n) is 8.21. The van der Waals surface area contributed by atoms with E-state index in [1.807, 2.05) is 24.0 Å². The highest BCUT2D eigenvalue weighted by molar-refractivity contribution is 5.76. The molecule has 1 atom stereocenters. The molecule has 1 aliphatic rings. The van der Waals surface area contributed by atoms with E-state index in [4.69, 9.17) is 4.74 Å². The molecule has 0 bridgehead atoms. The normalized spacial score (nSPS) is 16.7. The number of aromatic nitrogens is 4. The summed E-state index contributed by atoms with van der Waals surface area (Å²) in [6.07, 6.45) is 2.19. The molecule has 1 aromatic carbocycles. The van der Waals surface area contributed by atoms with Gasteiger partial charge in [0.05, 0.1) is 12.8 Å². The summed E-state index contributed by atoms with van der Waals surface area (Å²) >= 11 is 0. The molecule has 7 nitrogen and oxygen atoms in total. The maximum Gasteiger partial charge on any atom is 0.280 e. The van der Waals surface area contributed by atoms with Crippen molar-refractivity contribution in [3.63, 3.8) is 0 Å². The Bertz CT molecular complexity index is 1100. The van der Waals surface area contributed by atoms with Crippen LogP contribution < -0.4 is 4.74 Å². The molecule has 2 aromatic heterocycles. The number of aryl methyl sites for hydroxylation is 2. The first kappa shape index (κ1) is 22.1. The smallest absolute Gasteiger partial charge is 0.280 e. The monoisotopic (exact) mass is 443 g/mol. The minimum absolute atomic E-state index is 0.0869. The zero-order chi connectivity index (χ0) is 22.7. The van der Waals surface area contributed by atoms with E-state index in [1.165, 1.54) is 18.0 Å². The summed E-state index contributed by atoms with van der Waals surface area (Å²) < 4.78 is 33.3. The van der Waals surface area contributed by atoms with Gasteiger partial charge >= 0.3 is 0 Å². The molecule has 3 heterocycles. The number of fused-ring (bicyclic) bond motifs is 1. The van der Waals surface area contributed by atoms with Crippen LogP contribution in [0, 0.1) is 6.92 Å². The number of likely N-dealkylation sites (tertiary alicyclic amines) is 1. The Kier molecular flexibility index (Phi) is 6.62. The summed E-state index contributed by atoms with van der Waals surface area (Å²) in [6, 6.07) is 7.47. The van der Waals surface area contributed by atoms with E-state index in [1.54, 1.807) is 7.11 Å². The third-order valence-corrected chi connectivity index (χ3v) is 6.03. The zero-order valence-electron chi connectivity index (χ0n) is 18.3. The van der Waals surface area contributed by atoms with Gasteiger partial charge in [0.2, 0.25) is 5.91 Å². The van der Waals surface area contributed by atoms with Crippen molar-refractivity contribution in [1.29, 1.82) is 0 Å². The molecule has 0 spiro atoms. The molecule has 32 heavy (non-hydrogen) atoms. The first-order valence-electron chi connectivity index (χ1n) is 10.9. The number of nitrogens with zero attached hydrogens (tertiary/aromatic N) is 5. The molecule has 1 saturated heterocycles. The SMILES string of the molecule is COc1ccc(CCCC(=O)N2CCC[C@H](c3cc(C(F)F)n4ncnc4n3)C2)cc1C. The Morgan fingerprint density at radius 1 is 1.31 bits per heavy atom. The lowest BCUT2D eigenvalue weighted by atomic mass is 9.93. The number of ether oxygens (including phenoxy) is 1. The summed E-state index contributed by atoms with van der Waals surface area (Å²) in [4.78, 5) is 23.1. The van der Waals surface area contributed by atoms with Crippen LogP contribution in [0.15, 0.2) is 30.6 Å². The maximum absolute atomic E-state index is 13.5. The van der Waals surface area contributed by atoms with E-state index in [9.17, 15) is 13.6 Å². The van der Waals surface area contributed by atoms with Crippen molar-refractivity contribution in [2.75, 3.05) is 20.2 Å². The highest BCUT2D eigenvalue weighted by Crippen LogP contribution is 2.29. The van der Waals surface area contributed by atoms with Crippen molar-refractivity contribution in [2.24, 2.45) is 0 Å². The predicted molar refractivity (Wildman–Crippen MR) is 115 cm³/mol. The van der Waals surface area contributed by atoms with Crippen LogP contribution in [0.5, 0.6) is 5.75 Å². The minimum Gasteiger partial charge on any atom is -0.496 e. The third kappa shape index (κ3) is 4.71. The average molecular weight is 443 g/mol. The second kappa shape index (κ2) is 9.58. The van der Waals surface area contributed by atoms with E-state index < -0.39 is 6.43 Å². The summed E-state index contributed by atoms with van der Waals surface area (Å²) in [5.41, 5.74) is 2.58. The Hall–Kier alpha value is -3.10. The number of rotatable bonds is 7. The highest BCUT2D eigenvalue weighted by Gasteiger charge is 2.27. The lowest BCUT2D eigenvalue weighted by molar-refractivity contribution is -0.132. The van der Waals surface area contributed by atoms with E-state index in [0.717, 1.165) is 41.5 Å². The van der Waals surface area contributed by atoms with Crippen molar-refractivity contribution >= 4 is 11.7 Å². The third-order valence-electron chi connectivity index (χ3n) is 6.03. The van der Waals surface area contributed by atoms with E-state index in [2.05, 4.69) is 21.1 Å². The van der Waals surface area contributed by atoms with Gasteiger partial charge in [-0.1, -0.05) is 12.1 Å². The van der Waals surface area contributed by atoms with Gasteiger partial charge in [0.15, 0.2) is 0 Å². The molecule has 9 heteroatoms. The summed E-state index contributed by atoms with van der Waals surface area (Å²) in [5.74, 6) is 1.03. The zero-order valence-corrected chi connectivity index (χ0v) is 18.3. The first-order valence-corrected chi connectivity index (χ1v) is 10.9. The van der Waals surface area contributed by atoms with E-state index in [0.29, 0.717) is 25.2 Å². The lowest BCUT2D eigenvalue weighted by Crippen LogP contribution is -2.39. The molecule has 3 aromatic rings.